The van der Waals surface area contributed by atoms with Gasteiger partial charge in [-0.3, -0.25) is 4.79 Å². The maximum Gasteiger partial charge on any atom is 0.234 e. The largest absolute Gasteiger partial charge is 0.378 e. The average molecular weight is 256 g/mol. The lowest BCUT2D eigenvalue weighted by molar-refractivity contribution is -0.120. The number of primary amides is 1. The second-order valence-corrected chi connectivity index (χ2v) is 5.71. The first-order valence-corrected chi connectivity index (χ1v) is 7.17. The van der Waals surface area contributed by atoms with E-state index in [0.29, 0.717) is 19.1 Å². The van der Waals surface area contributed by atoms with E-state index < -0.39 is 0 Å². The molecule has 3 N–H and O–H groups in total. The third kappa shape index (κ3) is 5.36. The highest BCUT2D eigenvalue weighted by atomic mass is 16.5. The zero-order valence-corrected chi connectivity index (χ0v) is 11.9. The molecule has 3 atom stereocenters. The topological polar surface area (TPSA) is 64.3 Å². The van der Waals surface area contributed by atoms with E-state index in [1.54, 1.807) is 0 Å². The summed E-state index contributed by atoms with van der Waals surface area (Å²) >= 11 is 0. The van der Waals surface area contributed by atoms with Crippen molar-refractivity contribution in [1.82, 2.24) is 5.32 Å². The van der Waals surface area contributed by atoms with Crippen LogP contribution in [0.5, 0.6) is 0 Å². The number of amides is 1. The van der Waals surface area contributed by atoms with Gasteiger partial charge in [0, 0.05) is 6.61 Å². The molecule has 0 bridgehead atoms. The lowest BCUT2D eigenvalue weighted by atomic mass is 9.82. The van der Waals surface area contributed by atoms with E-state index in [1.807, 2.05) is 6.92 Å². The van der Waals surface area contributed by atoms with E-state index >= 15 is 0 Å². The molecule has 1 aliphatic rings. The fraction of sp³-hybridized carbons (Fsp3) is 0.929. The predicted octanol–water partition coefficient (Wildman–Crippen LogP) is 1.68. The molecule has 1 aliphatic carbocycles. The lowest BCUT2D eigenvalue weighted by Gasteiger charge is -2.31. The molecule has 1 fully saturated rings. The molecule has 0 spiro atoms. The van der Waals surface area contributed by atoms with Crippen LogP contribution in [0.3, 0.4) is 0 Å². The van der Waals surface area contributed by atoms with Gasteiger partial charge in [0.05, 0.1) is 12.1 Å². The molecule has 1 amide bonds. The summed E-state index contributed by atoms with van der Waals surface area (Å²) in [5.74, 6) is 1.21. The van der Waals surface area contributed by atoms with Crippen LogP contribution in [-0.2, 0) is 9.53 Å². The number of ether oxygens (including phenoxy) is 1. The standard InChI is InChI=1S/C14H28N2O2/c1-4-16-13(14(15)17)5-6-18-12-8-10(2)7-11(3)9-12/h10-13,16H,4-9H2,1-3H3,(H2,15,17). The van der Waals surface area contributed by atoms with Gasteiger partial charge in [-0.25, -0.2) is 0 Å². The van der Waals surface area contributed by atoms with Gasteiger partial charge in [-0.15, -0.1) is 0 Å². The molecule has 0 saturated heterocycles. The van der Waals surface area contributed by atoms with Crippen LogP contribution in [0.4, 0.5) is 0 Å². The SMILES string of the molecule is CCNC(CCOC1CC(C)CC(C)C1)C(N)=O. The van der Waals surface area contributed by atoms with Gasteiger partial charge < -0.3 is 15.8 Å². The summed E-state index contributed by atoms with van der Waals surface area (Å²) in [6.45, 7) is 7.92. The first-order chi connectivity index (χ1) is 8.52. The van der Waals surface area contributed by atoms with Crippen LogP contribution < -0.4 is 11.1 Å². The van der Waals surface area contributed by atoms with Gasteiger partial charge in [-0.2, -0.15) is 0 Å². The van der Waals surface area contributed by atoms with Gasteiger partial charge >= 0.3 is 0 Å². The molecule has 0 aromatic heterocycles. The number of hydrogen-bond acceptors (Lipinski definition) is 3. The number of rotatable bonds is 7. The number of carbonyl (C=O) groups is 1. The molecule has 106 valence electrons. The fourth-order valence-corrected chi connectivity index (χ4v) is 2.95. The van der Waals surface area contributed by atoms with Crippen LogP contribution in [0.2, 0.25) is 0 Å². The van der Waals surface area contributed by atoms with Gasteiger partial charge in [0.2, 0.25) is 5.91 Å². The number of nitrogens with one attached hydrogen (secondary N) is 1. The Kier molecular flexibility index (Phi) is 6.65. The lowest BCUT2D eigenvalue weighted by Crippen LogP contribution is -2.42. The molecule has 1 saturated carbocycles. The molecule has 0 aromatic rings. The Hall–Kier alpha value is -0.610. The quantitative estimate of drug-likeness (QED) is 0.728. The molecular formula is C14H28N2O2. The van der Waals surface area contributed by atoms with E-state index in [2.05, 4.69) is 19.2 Å². The Morgan fingerprint density at radius 1 is 1.33 bits per heavy atom. The Morgan fingerprint density at radius 3 is 2.44 bits per heavy atom. The average Bonchev–Trinajstić information content (AvgIpc) is 2.26. The number of likely N-dealkylation sites (N-methyl/N-ethyl adjacent to an activating group) is 1. The molecule has 1 rings (SSSR count). The van der Waals surface area contributed by atoms with Gasteiger partial charge in [0.15, 0.2) is 0 Å². The van der Waals surface area contributed by atoms with Crippen molar-refractivity contribution in [3.8, 4) is 0 Å². The second kappa shape index (κ2) is 7.74. The van der Waals surface area contributed by atoms with Crippen LogP contribution in [0, 0.1) is 11.8 Å². The van der Waals surface area contributed by atoms with E-state index in [-0.39, 0.29) is 11.9 Å². The van der Waals surface area contributed by atoms with Crippen molar-refractivity contribution in [2.75, 3.05) is 13.2 Å². The van der Waals surface area contributed by atoms with Gasteiger partial charge in [-0.05, 0) is 44.1 Å². The summed E-state index contributed by atoms with van der Waals surface area (Å²) in [4.78, 5) is 11.2. The first-order valence-electron chi connectivity index (χ1n) is 7.17. The van der Waals surface area contributed by atoms with Crippen molar-refractivity contribution in [3.63, 3.8) is 0 Å². The van der Waals surface area contributed by atoms with Crippen molar-refractivity contribution in [2.24, 2.45) is 17.6 Å². The molecule has 0 aromatic carbocycles. The summed E-state index contributed by atoms with van der Waals surface area (Å²) in [5.41, 5.74) is 5.33. The number of carbonyl (C=O) groups excluding carboxylic acids is 1. The summed E-state index contributed by atoms with van der Waals surface area (Å²) in [5, 5.41) is 3.08. The second-order valence-electron chi connectivity index (χ2n) is 5.71. The van der Waals surface area contributed by atoms with Crippen molar-refractivity contribution in [1.29, 1.82) is 0 Å². The third-order valence-electron chi connectivity index (χ3n) is 3.69. The molecule has 0 heterocycles. The van der Waals surface area contributed by atoms with Gasteiger partial charge in [0.1, 0.15) is 0 Å². The maximum atomic E-state index is 11.2. The van der Waals surface area contributed by atoms with Gasteiger partial charge in [0.25, 0.3) is 0 Å². The Labute approximate surface area is 111 Å². The minimum absolute atomic E-state index is 0.256. The van der Waals surface area contributed by atoms with Crippen LogP contribution >= 0.6 is 0 Å². The molecule has 4 heteroatoms. The zero-order valence-electron chi connectivity index (χ0n) is 11.9. The van der Waals surface area contributed by atoms with Crippen molar-refractivity contribution in [2.45, 2.75) is 58.6 Å². The van der Waals surface area contributed by atoms with Crippen molar-refractivity contribution < 1.29 is 9.53 Å². The molecule has 0 radical (unpaired) electrons. The Bertz CT molecular complexity index is 248. The van der Waals surface area contributed by atoms with Crippen molar-refractivity contribution in [3.05, 3.63) is 0 Å². The molecule has 18 heavy (non-hydrogen) atoms. The first kappa shape index (κ1) is 15.4. The summed E-state index contributed by atoms with van der Waals surface area (Å²) in [6.07, 6.45) is 4.63. The summed E-state index contributed by atoms with van der Waals surface area (Å²) in [6, 6.07) is -0.256. The normalized spacial score (nSPS) is 30.1. The van der Waals surface area contributed by atoms with E-state index in [0.717, 1.165) is 31.2 Å². The van der Waals surface area contributed by atoms with E-state index in [4.69, 9.17) is 10.5 Å². The molecule has 3 unspecified atom stereocenters. The minimum Gasteiger partial charge on any atom is -0.378 e. The summed E-state index contributed by atoms with van der Waals surface area (Å²) < 4.78 is 5.90. The van der Waals surface area contributed by atoms with Gasteiger partial charge in [-0.1, -0.05) is 20.8 Å². The Morgan fingerprint density at radius 2 is 1.94 bits per heavy atom. The molecule has 4 nitrogen and oxygen atoms in total. The third-order valence-corrected chi connectivity index (χ3v) is 3.69. The highest BCUT2D eigenvalue weighted by Crippen LogP contribution is 2.30. The number of hydrogen-bond donors (Lipinski definition) is 2. The highest BCUT2D eigenvalue weighted by molar-refractivity contribution is 5.79. The van der Waals surface area contributed by atoms with Crippen molar-refractivity contribution >= 4 is 5.91 Å². The molecule has 0 aliphatic heterocycles. The van der Waals surface area contributed by atoms with Crippen LogP contribution in [0.1, 0.15) is 46.5 Å². The predicted molar refractivity (Wildman–Crippen MR) is 73.2 cm³/mol. The number of nitrogens with two attached hydrogens (primary N) is 1. The smallest absolute Gasteiger partial charge is 0.234 e. The van der Waals surface area contributed by atoms with Crippen LogP contribution in [-0.4, -0.2) is 31.2 Å². The minimum atomic E-state index is -0.286. The Balaban J connectivity index is 2.25. The van der Waals surface area contributed by atoms with Crippen LogP contribution in [0.15, 0.2) is 0 Å². The fourth-order valence-electron chi connectivity index (χ4n) is 2.95. The maximum absolute atomic E-state index is 11.2. The van der Waals surface area contributed by atoms with Crippen LogP contribution in [0.25, 0.3) is 0 Å². The van der Waals surface area contributed by atoms with E-state index in [9.17, 15) is 4.79 Å². The highest BCUT2D eigenvalue weighted by Gasteiger charge is 2.24. The zero-order chi connectivity index (χ0) is 13.5. The molecular weight excluding hydrogens is 228 g/mol. The van der Waals surface area contributed by atoms with E-state index in [1.165, 1.54) is 6.42 Å². The summed E-state index contributed by atoms with van der Waals surface area (Å²) in [7, 11) is 0. The monoisotopic (exact) mass is 256 g/mol.